The van der Waals surface area contributed by atoms with Gasteiger partial charge in [-0.25, -0.2) is 13.2 Å². The average Bonchev–Trinajstić information content (AvgIpc) is 2.72. The van der Waals surface area contributed by atoms with Crippen LogP contribution in [0.2, 0.25) is 0 Å². The first-order valence-electron chi connectivity index (χ1n) is 8.67. The zero-order valence-corrected chi connectivity index (χ0v) is 17.1. The van der Waals surface area contributed by atoms with Gasteiger partial charge in [-0.2, -0.15) is 0 Å². The molecule has 0 radical (unpaired) electrons. The van der Waals surface area contributed by atoms with Crippen molar-refractivity contribution in [3.8, 4) is 0 Å². The van der Waals surface area contributed by atoms with Gasteiger partial charge in [0.05, 0.1) is 18.6 Å². The summed E-state index contributed by atoms with van der Waals surface area (Å²) in [5, 5.41) is 2.72. The van der Waals surface area contributed by atoms with Crippen molar-refractivity contribution in [3.05, 3.63) is 65.7 Å². The van der Waals surface area contributed by atoms with Crippen molar-refractivity contribution in [2.75, 3.05) is 26.1 Å². The molecular formula is C20H22N2O6S. The molecule has 2 aromatic carbocycles. The Morgan fingerprint density at radius 1 is 1.07 bits per heavy atom. The van der Waals surface area contributed by atoms with Gasteiger partial charge in [-0.1, -0.05) is 16.6 Å². The van der Waals surface area contributed by atoms with Crippen LogP contribution in [0.3, 0.4) is 0 Å². The van der Waals surface area contributed by atoms with Crippen LogP contribution in [0, 0.1) is 0 Å². The summed E-state index contributed by atoms with van der Waals surface area (Å²) in [4.78, 5) is 28.4. The van der Waals surface area contributed by atoms with Gasteiger partial charge in [-0.3, -0.25) is 9.63 Å². The molecule has 9 heteroatoms. The maximum atomic E-state index is 12.4. The van der Waals surface area contributed by atoms with E-state index < -0.39 is 16.0 Å². The third kappa shape index (κ3) is 5.98. The number of carbonyl (C=O) groups excluding carboxylic acids is 2. The van der Waals surface area contributed by atoms with Crippen molar-refractivity contribution >= 4 is 33.7 Å². The number of amides is 1. The molecule has 0 heterocycles. The molecule has 0 aliphatic rings. The first-order chi connectivity index (χ1) is 13.8. The standard InChI is InChI=1S/C20H22N2O6S/c1-4-28-19(23)14-7-15-5-10-17(11-6-15)21-20(24)16-8-12-18(13-9-16)29(25,26)22(2)27-3/h5-14H,4H2,1-3H3,(H,21,24)/b14-7+. The number of sulfonamides is 1. The van der Waals surface area contributed by atoms with Crippen LogP contribution >= 0.6 is 0 Å². The number of anilines is 1. The highest BCUT2D eigenvalue weighted by Crippen LogP contribution is 2.17. The SMILES string of the molecule is CCOC(=O)/C=C/c1ccc(NC(=O)c2ccc(S(=O)(=O)N(C)OC)cc2)cc1. The molecule has 2 aromatic rings. The van der Waals surface area contributed by atoms with Crippen LogP contribution in [-0.2, 0) is 24.4 Å². The molecular weight excluding hydrogens is 396 g/mol. The van der Waals surface area contributed by atoms with E-state index >= 15 is 0 Å². The Balaban J connectivity index is 2.04. The number of benzene rings is 2. The minimum atomic E-state index is -3.77. The molecule has 0 aliphatic heterocycles. The molecule has 29 heavy (non-hydrogen) atoms. The van der Waals surface area contributed by atoms with E-state index in [1.165, 1.54) is 44.5 Å². The molecule has 8 nitrogen and oxygen atoms in total. The molecule has 0 aromatic heterocycles. The van der Waals surface area contributed by atoms with E-state index in [0.717, 1.165) is 10.0 Å². The molecule has 1 amide bonds. The van der Waals surface area contributed by atoms with E-state index in [-0.39, 0.29) is 10.8 Å². The van der Waals surface area contributed by atoms with E-state index in [0.29, 0.717) is 17.9 Å². The molecule has 2 rings (SSSR count). The Bertz CT molecular complexity index is 983. The summed E-state index contributed by atoms with van der Waals surface area (Å²) in [5.74, 6) is -0.809. The lowest BCUT2D eigenvalue weighted by molar-refractivity contribution is -0.137. The third-order valence-corrected chi connectivity index (χ3v) is 5.57. The van der Waals surface area contributed by atoms with Crippen molar-refractivity contribution < 1.29 is 27.6 Å². The largest absolute Gasteiger partial charge is 0.463 e. The van der Waals surface area contributed by atoms with Crippen LogP contribution < -0.4 is 5.32 Å². The predicted octanol–water partition coefficient (Wildman–Crippen LogP) is 2.70. The molecule has 1 N–H and O–H groups in total. The lowest BCUT2D eigenvalue weighted by atomic mass is 10.1. The van der Waals surface area contributed by atoms with Gasteiger partial charge in [0.25, 0.3) is 15.9 Å². The predicted molar refractivity (Wildman–Crippen MR) is 108 cm³/mol. The summed E-state index contributed by atoms with van der Waals surface area (Å²) in [6, 6.07) is 12.4. The van der Waals surface area contributed by atoms with Crippen LogP contribution in [0.25, 0.3) is 6.08 Å². The van der Waals surface area contributed by atoms with Gasteiger partial charge in [-0.05, 0) is 55.0 Å². The highest BCUT2D eigenvalue weighted by Gasteiger charge is 2.21. The molecule has 0 bridgehead atoms. The van der Waals surface area contributed by atoms with Gasteiger partial charge in [0.15, 0.2) is 0 Å². The number of hydrogen-bond donors (Lipinski definition) is 1. The Kier molecular flexibility index (Phi) is 7.66. The Hall–Kier alpha value is -3.01. The Morgan fingerprint density at radius 3 is 2.24 bits per heavy atom. The highest BCUT2D eigenvalue weighted by molar-refractivity contribution is 7.89. The lowest BCUT2D eigenvalue weighted by Gasteiger charge is -2.14. The smallest absolute Gasteiger partial charge is 0.330 e. The summed E-state index contributed by atoms with van der Waals surface area (Å²) < 4.78 is 29.9. The van der Waals surface area contributed by atoms with E-state index in [4.69, 9.17) is 9.57 Å². The maximum Gasteiger partial charge on any atom is 0.330 e. The second-order valence-electron chi connectivity index (χ2n) is 5.78. The number of nitrogens with one attached hydrogen (secondary N) is 1. The summed E-state index contributed by atoms with van der Waals surface area (Å²) in [6.07, 6.45) is 2.94. The van der Waals surface area contributed by atoms with E-state index in [1.807, 2.05) is 0 Å². The second-order valence-corrected chi connectivity index (χ2v) is 7.72. The fourth-order valence-electron chi connectivity index (χ4n) is 2.26. The molecule has 0 spiro atoms. The number of nitrogens with zero attached hydrogens (tertiary/aromatic N) is 1. The van der Waals surface area contributed by atoms with Crippen molar-refractivity contribution in [1.29, 1.82) is 0 Å². The summed E-state index contributed by atoms with van der Waals surface area (Å²) in [6.45, 7) is 2.04. The number of hydrogen-bond acceptors (Lipinski definition) is 6. The van der Waals surface area contributed by atoms with Gasteiger partial charge in [0, 0.05) is 24.4 Å². The quantitative estimate of drug-likeness (QED) is 0.402. The zero-order chi connectivity index (χ0) is 21.4. The van der Waals surface area contributed by atoms with Crippen LogP contribution in [0.5, 0.6) is 0 Å². The number of ether oxygens (including phenoxy) is 1. The van der Waals surface area contributed by atoms with Gasteiger partial charge in [0.2, 0.25) is 0 Å². The maximum absolute atomic E-state index is 12.4. The highest BCUT2D eigenvalue weighted by atomic mass is 32.2. The molecule has 154 valence electrons. The number of hydroxylamine groups is 1. The van der Waals surface area contributed by atoms with E-state index in [9.17, 15) is 18.0 Å². The van der Waals surface area contributed by atoms with Crippen LogP contribution in [0.1, 0.15) is 22.8 Å². The molecule has 0 fully saturated rings. The minimum Gasteiger partial charge on any atom is -0.463 e. The molecule has 0 saturated carbocycles. The summed E-state index contributed by atoms with van der Waals surface area (Å²) in [7, 11) is -1.24. The normalized spacial score (nSPS) is 11.6. The summed E-state index contributed by atoms with van der Waals surface area (Å²) >= 11 is 0. The van der Waals surface area contributed by atoms with Gasteiger partial charge in [0.1, 0.15) is 0 Å². The number of esters is 1. The summed E-state index contributed by atoms with van der Waals surface area (Å²) in [5.41, 5.74) is 1.63. The Morgan fingerprint density at radius 2 is 1.69 bits per heavy atom. The van der Waals surface area contributed by atoms with Gasteiger partial charge >= 0.3 is 5.97 Å². The lowest BCUT2D eigenvalue weighted by Crippen LogP contribution is -2.25. The molecule has 0 unspecified atom stereocenters. The van der Waals surface area contributed by atoms with E-state index in [1.54, 1.807) is 37.3 Å². The topological polar surface area (TPSA) is 102 Å². The van der Waals surface area contributed by atoms with Gasteiger partial charge < -0.3 is 10.1 Å². The molecule has 0 atom stereocenters. The van der Waals surface area contributed by atoms with Gasteiger partial charge in [-0.15, -0.1) is 0 Å². The van der Waals surface area contributed by atoms with Crippen molar-refractivity contribution in [2.24, 2.45) is 0 Å². The molecule has 0 saturated heterocycles. The Labute approximate surface area is 169 Å². The third-order valence-electron chi connectivity index (χ3n) is 3.88. The minimum absolute atomic E-state index is 0.0103. The van der Waals surface area contributed by atoms with Crippen molar-refractivity contribution in [3.63, 3.8) is 0 Å². The fraction of sp³-hybridized carbons (Fsp3) is 0.200. The van der Waals surface area contributed by atoms with Crippen LogP contribution in [0.15, 0.2) is 59.5 Å². The average molecular weight is 418 g/mol. The van der Waals surface area contributed by atoms with Crippen LogP contribution in [0.4, 0.5) is 5.69 Å². The van der Waals surface area contributed by atoms with Crippen molar-refractivity contribution in [1.82, 2.24) is 4.47 Å². The first-order valence-corrected chi connectivity index (χ1v) is 10.1. The van der Waals surface area contributed by atoms with Crippen LogP contribution in [-0.4, -0.2) is 45.5 Å². The first kappa shape index (κ1) is 22.3. The zero-order valence-electron chi connectivity index (χ0n) is 16.3. The number of carbonyl (C=O) groups is 2. The van der Waals surface area contributed by atoms with Crippen molar-refractivity contribution in [2.45, 2.75) is 11.8 Å². The van der Waals surface area contributed by atoms with E-state index in [2.05, 4.69) is 5.32 Å². The number of rotatable bonds is 8. The monoisotopic (exact) mass is 418 g/mol. The second kappa shape index (κ2) is 9.97. The fourth-order valence-corrected chi connectivity index (χ4v) is 3.23. The molecule has 0 aliphatic carbocycles.